The fourth-order valence-corrected chi connectivity index (χ4v) is 3.97. The molecule has 0 bridgehead atoms. The first kappa shape index (κ1) is 16.5. The molecule has 2 N–H and O–H groups in total. The summed E-state index contributed by atoms with van der Waals surface area (Å²) >= 11 is 0. The van der Waals surface area contributed by atoms with Gasteiger partial charge in [-0.25, -0.2) is 8.42 Å². The average molecular weight is 310 g/mol. The van der Waals surface area contributed by atoms with E-state index in [1.807, 2.05) is 0 Å². The van der Waals surface area contributed by atoms with Gasteiger partial charge in [0.25, 0.3) is 0 Å². The second kappa shape index (κ2) is 6.07. The van der Waals surface area contributed by atoms with Crippen molar-refractivity contribution in [3.8, 4) is 0 Å². The topological polar surface area (TPSA) is 63.4 Å². The zero-order valence-electron chi connectivity index (χ0n) is 13.2. The Morgan fingerprint density at radius 3 is 2.10 bits per heavy atom. The number of sulfone groups is 1. The summed E-state index contributed by atoms with van der Waals surface area (Å²) in [6, 6.07) is 8.66. The third kappa shape index (κ3) is 4.05. The monoisotopic (exact) mass is 310 g/mol. The molecule has 5 heteroatoms. The lowest BCUT2D eigenvalue weighted by Crippen LogP contribution is -2.44. The molecule has 1 saturated heterocycles. The molecular weight excluding hydrogens is 284 g/mol. The molecule has 4 nitrogen and oxygen atoms in total. The van der Waals surface area contributed by atoms with E-state index in [4.69, 9.17) is 5.73 Å². The average Bonchev–Trinajstić information content (AvgIpc) is 2.41. The van der Waals surface area contributed by atoms with Crippen LogP contribution in [0.1, 0.15) is 37.9 Å². The first-order chi connectivity index (χ1) is 9.73. The number of hydrogen-bond donors (Lipinski definition) is 1. The Kier molecular flexibility index (Phi) is 4.76. The second-order valence-electron chi connectivity index (χ2n) is 6.81. The van der Waals surface area contributed by atoms with Crippen molar-refractivity contribution in [1.29, 1.82) is 0 Å². The molecule has 0 aliphatic carbocycles. The molecule has 1 atom stereocenters. The standard InChI is InChI=1S/C16H26N2O2S/c1-16(2,3)14-6-4-13(5-7-14)15(12-17)18-8-10-21(19,20)11-9-18/h4-7,15H,8-12,17H2,1-3H3. The van der Waals surface area contributed by atoms with Crippen LogP contribution in [0.2, 0.25) is 0 Å². The first-order valence-corrected chi connectivity index (χ1v) is 9.30. The summed E-state index contributed by atoms with van der Waals surface area (Å²) in [7, 11) is -2.85. The third-order valence-electron chi connectivity index (χ3n) is 4.20. The molecular formula is C16H26N2O2S. The molecule has 1 fully saturated rings. The van der Waals surface area contributed by atoms with E-state index in [0.717, 1.165) is 0 Å². The van der Waals surface area contributed by atoms with Crippen molar-refractivity contribution in [2.45, 2.75) is 32.2 Å². The minimum atomic E-state index is -2.85. The van der Waals surface area contributed by atoms with E-state index < -0.39 is 9.84 Å². The predicted octanol–water partition coefficient (Wildman–Crippen LogP) is 1.71. The highest BCUT2D eigenvalue weighted by Gasteiger charge is 2.27. The molecule has 0 amide bonds. The van der Waals surface area contributed by atoms with Gasteiger partial charge in [0.15, 0.2) is 9.84 Å². The zero-order chi connectivity index (χ0) is 15.7. The number of nitrogens with zero attached hydrogens (tertiary/aromatic N) is 1. The molecule has 0 radical (unpaired) electrons. The summed E-state index contributed by atoms with van der Waals surface area (Å²) in [6.45, 7) is 8.24. The molecule has 1 aromatic rings. The summed E-state index contributed by atoms with van der Waals surface area (Å²) in [5.41, 5.74) is 8.54. The van der Waals surface area contributed by atoms with Gasteiger partial charge in [0.1, 0.15) is 0 Å². The minimum Gasteiger partial charge on any atom is -0.329 e. The van der Waals surface area contributed by atoms with E-state index in [1.165, 1.54) is 11.1 Å². The van der Waals surface area contributed by atoms with E-state index in [-0.39, 0.29) is 23.0 Å². The van der Waals surface area contributed by atoms with Crippen molar-refractivity contribution < 1.29 is 8.42 Å². The van der Waals surface area contributed by atoms with Crippen molar-refractivity contribution in [2.24, 2.45) is 5.73 Å². The molecule has 1 aromatic carbocycles. The number of hydrogen-bond acceptors (Lipinski definition) is 4. The molecule has 21 heavy (non-hydrogen) atoms. The van der Waals surface area contributed by atoms with Gasteiger partial charge in [0.2, 0.25) is 0 Å². The molecule has 2 rings (SSSR count). The predicted molar refractivity (Wildman–Crippen MR) is 87.2 cm³/mol. The lowest BCUT2D eigenvalue weighted by atomic mass is 9.86. The number of rotatable bonds is 3. The van der Waals surface area contributed by atoms with Crippen molar-refractivity contribution in [1.82, 2.24) is 4.90 Å². The van der Waals surface area contributed by atoms with Gasteiger partial charge in [-0.2, -0.15) is 0 Å². The van der Waals surface area contributed by atoms with Gasteiger partial charge in [-0.05, 0) is 16.5 Å². The highest BCUT2D eigenvalue weighted by atomic mass is 32.2. The van der Waals surface area contributed by atoms with Crippen LogP contribution in [0.4, 0.5) is 0 Å². The van der Waals surface area contributed by atoms with E-state index in [2.05, 4.69) is 49.9 Å². The first-order valence-electron chi connectivity index (χ1n) is 7.48. The van der Waals surface area contributed by atoms with Gasteiger partial charge < -0.3 is 5.73 Å². The normalized spacial score (nSPS) is 21.1. The summed E-state index contributed by atoms with van der Waals surface area (Å²) in [6.07, 6.45) is 0. The molecule has 1 aliphatic heterocycles. The van der Waals surface area contributed by atoms with E-state index in [0.29, 0.717) is 19.6 Å². The highest BCUT2D eigenvalue weighted by Crippen LogP contribution is 2.26. The molecule has 1 heterocycles. The Morgan fingerprint density at radius 1 is 1.14 bits per heavy atom. The quantitative estimate of drug-likeness (QED) is 0.923. The summed E-state index contributed by atoms with van der Waals surface area (Å²) in [4.78, 5) is 2.19. The van der Waals surface area contributed by atoms with E-state index >= 15 is 0 Å². The summed E-state index contributed by atoms with van der Waals surface area (Å²) < 4.78 is 23.1. The molecule has 0 saturated carbocycles. The van der Waals surface area contributed by atoms with Crippen LogP contribution in [0, 0.1) is 0 Å². The Labute approximate surface area is 128 Å². The molecule has 1 unspecified atom stereocenters. The van der Waals surface area contributed by atoms with Crippen LogP contribution in [0.25, 0.3) is 0 Å². The van der Waals surface area contributed by atoms with Crippen molar-refractivity contribution in [3.05, 3.63) is 35.4 Å². The molecule has 0 aromatic heterocycles. The van der Waals surface area contributed by atoms with Crippen LogP contribution in [-0.4, -0.2) is 44.5 Å². The van der Waals surface area contributed by atoms with Crippen LogP contribution < -0.4 is 5.73 Å². The van der Waals surface area contributed by atoms with Gasteiger partial charge in [0.05, 0.1) is 11.5 Å². The largest absolute Gasteiger partial charge is 0.329 e. The zero-order valence-corrected chi connectivity index (χ0v) is 14.0. The fraction of sp³-hybridized carbons (Fsp3) is 0.625. The SMILES string of the molecule is CC(C)(C)c1ccc(C(CN)N2CCS(=O)(=O)CC2)cc1. The Morgan fingerprint density at radius 2 is 1.67 bits per heavy atom. The molecule has 1 aliphatic rings. The van der Waals surface area contributed by atoms with Crippen LogP contribution in [0.5, 0.6) is 0 Å². The van der Waals surface area contributed by atoms with Crippen molar-refractivity contribution in [3.63, 3.8) is 0 Å². The summed E-state index contributed by atoms with van der Waals surface area (Å²) in [5, 5.41) is 0. The Balaban J connectivity index is 2.15. The minimum absolute atomic E-state index is 0.106. The maximum absolute atomic E-state index is 11.5. The molecule has 0 spiro atoms. The molecule has 118 valence electrons. The van der Waals surface area contributed by atoms with Gasteiger partial charge in [-0.3, -0.25) is 4.90 Å². The van der Waals surface area contributed by atoms with Gasteiger partial charge in [-0.15, -0.1) is 0 Å². The van der Waals surface area contributed by atoms with Crippen LogP contribution in [0.3, 0.4) is 0 Å². The number of nitrogens with two attached hydrogens (primary N) is 1. The third-order valence-corrected chi connectivity index (χ3v) is 5.81. The maximum Gasteiger partial charge on any atom is 0.152 e. The van der Waals surface area contributed by atoms with E-state index in [9.17, 15) is 8.42 Å². The number of benzene rings is 1. The van der Waals surface area contributed by atoms with Crippen LogP contribution in [0.15, 0.2) is 24.3 Å². The van der Waals surface area contributed by atoms with E-state index in [1.54, 1.807) is 0 Å². The lowest BCUT2D eigenvalue weighted by Gasteiger charge is -2.34. The van der Waals surface area contributed by atoms with Crippen LogP contribution in [-0.2, 0) is 15.3 Å². The van der Waals surface area contributed by atoms with Crippen molar-refractivity contribution >= 4 is 9.84 Å². The highest BCUT2D eigenvalue weighted by molar-refractivity contribution is 7.91. The Hall–Kier alpha value is -0.910. The van der Waals surface area contributed by atoms with Gasteiger partial charge >= 0.3 is 0 Å². The fourth-order valence-electron chi connectivity index (χ4n) is 2.74. The maximum atomic E-state index is 11.5. The van der Waals surface area contributed by atoms with Crippen molar-refractivity contribution in [2.75, 3.05) is 31.1 Å². The van der Waals surface area contributed by atoms with Gasteiger partial charge in [-0.1, -0.05) is 45.0 Å². The smallest absolute Gasteiger partial charge is 0.152 e. The Bertz CT molecular complexity index is 559. The van der Waals surface area contributed by atoms with Gasteiger partial charge in [0, 0.05) is 25.7 Å². The summed E-state index contributed by atoms with van der Waals surface area (Å²) in [5.74, 6) is 0.479. The van der Waals surface area contributed by atoms with Crippen LogP contribution >= 0.6 is 0 Å². The second-order valence-corrected chi connectivity index (χ2v) is 9.11. The lowest BCUT2D eigenvalue weighted by molar-refractivity contribution is 0.219.